The fourth-order valence-corrected chi connectivity index (χ4v) is 5.26. The maximum atomic E-state index is 11.7. The number of amides is 1. The average Bonchev–Trinajstić information content (AvgIpc) is 3.06. The lowest BCUT2D eigenvalue weighted by atomic mass is 9.60. The molecule has 4 fully saturated rings. The van der Waals surface area contributed by atoms with Gasteiger partial charge in [-0.2, -0.15) is 0 Å². The van der Waals surface area contributed by atoms with Gasteiger partial charge in [0.2, 0.25) is 11.9 Å². The Hall–Kier alpha value is -1.65. The molecule has 1 aromatic rings. The molecule has 3 aliphatic carbocycles. The molecule has 1 aromatic heterocycles. The summed E-state index contributed by atoms with van der Waals surface area (Å²) >= 11 is 0. The molecule has 3 saturated carbocycles. The van der Waals surface area contributed by atoms with Gasteiger partial charge in [0.1, 0.15) is 0 Å². The fourth-order valence-electron chi connectivity index (χ4n) is 5.26. The van der Waals surface area contributed by atoms with Crippen molar-refractivity contribution in [1.29, 1.82) is 0 Å². The van der Waals surface area contributed by atoms with Gasteiger partial charge < -0.3 is 10.2 Å². The second-order valence-corrected chi connectivity index (χ2v) is 7.88. The van der Waals surface area contributed by atoms with Crippen molar-refractivity contribution in [3.05, 3.63) is 11.4 Å². The minimum absolute atomic E-state index is 0.0151. The number of carbonyl (C=O) groups excluding carboxylic acids is 1. The van der Waals surface area contributed by atoms with Gasteiger partial charge >= 0.3 is 0 Å². The molecule has 130 valence electrons. The van der Waals surface area contributed by atoms with E-state index in [4.69, 9.17) is 9.97 Å². The summed E-state index contributed by atoms with van der Waals surface area (Å²) in [5.41, 5.74) is 2.52. The summed E-state index contributed by atoms with van der Waals surface area (Å²) in [5, 5.41) is 2.94. The first-order valence-corrected chi connectivity index (χ1v) is 9.46. The molecule has 1 amide bonds. The molecular weight excluding hydrogens is 300 g/mol. The van der Waals surface area contributed by atoms with Crippen LogP contribution in [-0.4, -0.2) is 29.0 Å². The van der Waals surface area contributed by atoms with Gasteiger partial charge in [-0.25, -0.2) is 9.97 Å². The van der Waals surface area contributed by atoms with E-state index in [0.717, 1.165) is 59.8 Å². The number of rotatable bonds is 3. The number of fused-ring (bicyclic) bond motifs is 2. The third-order valence-corrected chi connectivity index (χ3v) is 6.57. The number of nitrogens with zero attached hydrogens (tertiary/aromatic N) is 3. The second kappa shape index (κ2) is 6.01. The van der Waals surface area contributed by atoms with Gasteiger partial charge in [-0.3, -0.25) is 4.79 Å². The van der Waals surface area contributed by atoms with Crippen molar-refractivity contribution in [2.24, 2.45) is 23.7 Å². The Balaban J connectivity index is 1.56. The maximum absolute atomic E-state index is 11.7. The van der Waals surface area contributed by atoms with Crippen LogP contribution in [0, 0.1) is 37.5 Å². The van der Waals surface area contributed by atoms with Crippen LogP contribution in [0.2, 0.25) is 0 Å². The number of nitrogens with one attached hydrogen (secondary N) is 1. The van der Waals surface area contributed by atoms with Crippen LogP contribution in [0.15, 0.2) is 0 Å². The van der Waals surface area contributed by atoms with Crippen molar-refractivity contribution in [2.45, 2.75) is 52.9 Å². The molecule has 2 unspecified atom stereocenters. The number of hydrogen-bond acceptors (Lipinski definition) is 4. The molecule has 0 radical (unpaired) electrons. The van der Waals surface area contributed by atoms with E-state index in [-0.39, 0.29) is 5.91 Å². The van der Waals surface area contributed by atoms with Gasteiger partial charge in [-0.05, 0) is 63.2 Å². The molecule has 5 heteroatoms. The van der Waals surface area contributed by atoms with Crippen molar-refractivity contribution in [1.82, 2.24) is 9.97 Å². The quantitative estimate of drug-likeness (QED) is 0.925. The minimum Gasteiger partial charge on any atom is -0.340 e. The Bertz CT molecular complexity index is 608. The number of hydrogen-bond donors (Lipinski definition) is 1. The molecule has 2 atom stereocenters. The zero-order valence-corrected chi connectivity index (χ0v) is 15.0. The van der Waals surface area contributed by atoms with E-state index < -0.39 is 0 Å². The van der Waals surface area contributed by atoms with E-state index in [1.807, 2.05) is 20.8 Å². The third kappa shape index (κ3) is 2.58. The first-order chi connectivity index (χ1) is 11.6. The summed E-state index contributed by atoms with van der Waals surface area (Å²) in [4.78, 5) is 23.6. The van der Waals surface area contributed by atoms with Crippen LogP contribution in [0.4, 0.5) is 11.6 Å². The number of carbonyl (C=O) groups is 1. The van der Waals surface area contributed by atoms with Gasteiger partial charge in [-0.1, -0.05) is 6.92 Å². The Kier molecular flexibility index (Phi) is 3.97. The van der Waals surface area contributed by atoms with E-state index in [9.17, 15) is 4.79 Å². The number of anilines is 2. The zero-order chi connectivity index (χ0) is 16.8. The van der Waals surface area contributed by atoms with Gasteiger partial charge in [0.05, 0.1) is 17.1 Å². The SMILES string of the molecule is CCC(=O)Nc1c(C)nc(N2CC3C4CCC(CC4)C3C2)nc1C. The van der Waals surface area contributed by atoms with Crippen molar-refractivity contribution in [3.8, 4) is 0 Å². The lowest BCUT2D eigenvalue weighted by Crippen LogP contribution is -2.38. The molecule has 0 spiro atoms. The highest BCUT2D eigenvalue weighted by atomic mass is 16.1. The van der Waals surface area contributed by atoms with Gasteiger partial charge in [0.15, 0.2) is 0 Å². The molecule has 1 aliphatic heterocycles. The summed E-state index contributed by atoms with van der Waals surface area (Å²) in [6.45, 7) is 8.03. The average molecular weight is 328 g/mol. The normalized spacial score (nSPS) is 31.2. The Morgan fingerprint density at radius 3 is 2.00 bits per heavy atom. The van der Waals surface area contributed by atoms with Gasteiger partial charge in [-0.15, -0.1) is 0 Å². The lowest BCUT2D eigenvalue weighted by molar-refractivity contribution is -0.115. The second-order valence-electron chi connectivity index (χ2n) is 7.88. The summed E-state index contributed by atoms with van der Waals surface area (Å²) < 4.78 is 0. The Labute approximate surface area is 144 Å². The largest absolute Gasteiger partial charge is 0.340 e. The third-order valence-electron chi connectivity index (χ3n) is 6.57. The van der Waals surface area contributed by atoms with Crippen molar-refractivity contribution < 1.29 is 4.79 Å². The van der Waals surface area contributed by atoms with E-state index >= 15 is 0 Å². The van der Waals surface area contributed by atoms with Crippen LogP contribution >= 0.6 is 0 Å². The van der Waals surface area contributed by atoms with Crippen molar-refractivity contribution in [3.63, 3.8) is 0 Å². The maximum Gasteiger partial charge on any atom is 0.225 e. The molecule has 1 N–H and O–H groups in total. The van der Waals surface area contributed by atoms with Crippen LogP contribution in [0.3, 0.4) is 0 Å². The van der Waals surface area contributed by atoms with E-state index in [2.05, 4.69) is 10.2 Å². The summed E-state index contributed by atoms with van der Waals surface area (Å²) in [7, 11) is 0. The summed E-state index contributed by atoms with van der Waals surface area (Å²) in [6.07, 6.45) is 6.20. The highest BCUT2D eigenvalue weighted by Gasteiger charge is 2.48. The van der Waals surface area contributed by atoms with Crippen molar-refractivity contribution >= 4 is 17.5 Å². The first-order valence-electron chi connectivity index (χ1n) is 9.46. The predicted octanol–water partition coefficient (Wildman–Crippen LogP) is 3.31. The molecule has 24 heavy (non-hydrogen) atoms. The highest BCUT2D eigenvalue weighted by Crippen LogP contribution is 2.52. The summed E-state index contributed by atoms with van der Waals surface area (Å²) in [5.74, 6) is 4.42. The molecule has 4 aliphatic rings. The number of aromatic nitrogens is 2. The highest BCUT2D eigenvalue weighted by molar-refractivity contribution is 5.91. The predicted molar refractivity (Wildman–Crippen MR) is 95.1 cm³/mol. The smallest absolute Gasteiger partial charge is 0.225 e. The van der Waals surface area contributed by atoms with Crippen molar-refractivity contribution in [2.75, 3.05) is 23.3 Å². The van der Waals surface area contributed by atoms with E-state index in [0.29, 0.717) is 6.42 Å². The van der Waals surface area contributed by atoms with Gasteiger partial charge in [0.25, 0.3) is 0 Å². The molecule has 5 rings (SSSR count). The molecule has 0 aromatic carbocycles. The molecule has 2 bridgehead atoms. The zero-order valence-electron chi connectivity index (χ0n) is 15.0. The van der Waals surface area contributed by atoms with E-state index in [1.54, 1.807) is 0 Å². The van der Waals surface area contributed by atoms with Gasteiger partial charge in [0, 0.05) is 19.5 Å². The van der Waals surface area contributed by atoms with Crippen LogP contribution in [0.5, 0.6) is 0 Å². The van der Waals surface area contributed by atoms with Crippen LogP contribution in [-0.2, 0) is 4.79 Å². The molecule has 2 heterocycles. The van der Waals surface area contributed by atoms with Crippen LogP contribution < -0.4 is 10.2 Å². The molecule has 1 saturated heterocycles. The fraction of sp³-hybridized carbons (Fsp3) is 0.737. The topological polar surface area (TPSA) is 58.1 Å². The lowest BCUT2D eigenvalue weighted by Gasteiger charge is -2.44. The van der Waals surface area contributed by atoms with Crippen LogP contribution in [0.1, 0.15) is 50.4 Å². The summed E-state index contributed by atoms with van der Waals surface area (Å²) in [6, 6.07) is 0. The number of aryl methyl sites for hydroxylation is 2. The standard InChI is InChI=1S/C19H28N4O/c1-4-17(24)22-18-11(2)20-19(21-12(18)3)23-9-15-13-5-6-14(8-7-13)16(15)10-23/h13-16H,4-10H2,1-3H3,(H,22,24). The Morgan fingerprint density at radius 1 is 1.04 bits per heavy atom. The molecular formula is C19H28N4O. The monoisotopic (exact) mass is 328 g/mol. The van der Waals surface area contributed by atoms with E-state index in [1.165, 1.54) is 25.7 Å². The minimum atomic E-state index is 0.0151. The molecule has 5 nitrogen and oxygen atoms in total. The Morgan fingerprint density at radius 2 is 1.54 bits per heavy atom. The first kappa shape index (κ1) is 15.9. The van der Waals surface area contributed by atoms with Crippen LogP contribution in [0.25, 0.3) is 0 Å².